The van der Waals surface area contributed by atoms with E-state index in [1.54, 1.807) is 0 Å². The number of rotatable bonds is 3. The quantitative estimate of drug-likeness (QED) is 0.853. The van der Waals surface area contributed by atoms with Gasteiger partial charge in [-0.2, -0.15) is 0 Å². The predicted molar refractivity (Wildman–Crippen MR) is 74.3 cm³/mol. The van der Waals surface area contributed by atoms with Crippen LogP contribution in [0.1, 0.15) is 43.5 Å². The molecule has 4 heteroatoms. The second kappa shape index (κ2) is 5.19. The molecule has 1 heterocycles. The third kappa shape index (κ3) is 2.57. The Bertz CT molecular complexity index is 483. The van der Waals surface area contributed by atoms with Gasteiger partial charge in [-0.15, -0.1) is 0 Å². The Morgan fingerprint density at radius 2 is 2.11 bits per heavy atom. The molecule has 0 saturated carbocycles. The van der Waals surface area contributed by atoms with E-state index < -0.39 is 5.82 Å². The Labute approximate surface area is 113 Å². The third-order valence-corrected chi connectivity index (χ3v) is 4.47. The molecule has 0 bridgehead atoms. The van der Waals surface area contributed by atoms with Crippen LogP contribution in [-0.2, 0) is 0 Å². The molecule has 1 aliphatic rings. The number of carbonyl (C=O) groups is 1. The Hall–Kier alpha value is -1.58. The van der Waals surface area contributed by atoms with Crippen molar-refractivity contribution < 1.29 is 9.18 Å². The first kappa shape index (κ1) is 13.8. The van der Waals surface area contributed by atoms with Crippen molar-refractivity contribution in [2.24, 2.45) is 5.41 Å². The number of hydrogen-bond donors (Lipinski definition) is 1. The van der Waals surface area contributed by atoms with E-state index in [9.17, 15) is 9.18 Å². The van der Waals surface area contributed by atoms with Crippen LogP contribution < -0.4 is 5.73 Å². The van der Waals surface area contributed by atoms with Crippen LogP contribution in [0.2, 0.25) is 0 Å². The fourth-order valence-electron chi connectivity index (χ4n) is 2.79. The first-order valence-corrected chi connectivity index (χ1v) is 6.85. The number of amides is 1. The minimum atomic E-state index is -0.477. The van der Waals surface area contributed by atoms with E-state index in [4.69, 9.17) is 5.73 Å². The second-order valence-electron chi connectivity index (χ2n) is 5.42. The summed E-state index contributed by atoms with van der Waals surface area (Å²) in [6, 6.07) is 4.19. The minimum absolute atomic E-state index is 0.0299. The zero-order valence-corrected chi connectivity index (χ0v) is 11.6. The topological polar surface area (TPSA) is 46.3 Å². The molecular weight excluding hydrogens is 243 g/mol. The zero-order chi connectivity index (χ0) is 14.0. The van der Waals surface area contributed by atoms with Gasteiger partial charge in [0.05, 0.1) is 5.69 Å². The molecule has 1 aliphatic heterocycles. The highest BCUT2D eigenvalue weighted by Gasteiger charge is 2.37. The van der Waals surface area contributed by atoms with Gasteiger partial charge in [-0.25, -0.2) is 4.39 Å². The van der Waals surface area contributed by atoms with E-state index in [1.807, 2.05) is 4.90 Å². The first-order chi connectivity index (χ1) is 9.01. The number of halogens is 1. The molecule has 3 nitrogen and oxygen atoms in total. The summed E-state index contributed by atoms with van der Waals surface area (Å²) in [5.41, 5.74) is 6.27. The SMILES string of the molecule is CCC1(CC)CCN(C(=O)c2ccc(F)c(N)c2)C1. The number of hydrogen-bond acceptors (Lipinski definition) is 2. The molecule has 0 unspecified atom stereocenters. The molecule has 104 valence electrons. The van der Waals surface area contributed by atoms with Crippen LogP contribution in [-0.4, -0.2) is 23.9 Å². The van der Waals surface area contributed by atoms with Crippen molar-refractivity contribution in [1.29, 1.82) is 0 Å². The molecule has 0 spiro atoms. The molecule has 1 aromatic carbocycles. The molecule has 0 atom stereocenters. The summed E-state index contributed by atoms with van der Waals surface area (Å²) in [4.78, 5) is 14.2. The van der Waals surface area contributed by atoms with E-state index in [2.05, 4.69) is 13.8 Å². The number of nitrogens with zero attached hydrogens (tertiary/aromatic N) is 1. The van der Waals surface area contributed by atoms with Gasteiger partial charge in [0, 0.05) is 18.7 Å². The highest BCUT2D eigenvalue weighted by atomic mass is 19.1. The molecule has 1 aromatic rings. The largest absolute Gasteiger partial charge is 0.396 e. The lowest BCUT2D eigenvalue weighted by Crippen LogP contribution is -2.31. The van der Waals surface area contributed by atoms with Crippen molar-refractivity contribution in [3.63, 3.8) is 0 Å². The van der Waals surface area contributed by atoms with Gasteiger partial charge in [-0.3, -0.25) is 4.79 Å². The maximum Gasteiger partial charge on any atom is 0.253 e. The summed E-state index contributed by atoms with van der Waals surface area (Å²) in [7, 11) is 0. The second-order valence-corrected chi connectivity index (χ2v) is 5.42. The fraction of sp³-hybridized carbons (Fsp3) is 0.533. The lowest BCUT2D eigenvalue weighted by atomic mass is 9.82. The number of nitrogens with two attached hydrogens (primary N) is 1. The molecule has 0 aliphatic carbocycles. The summed E-state index contributed by atoms with van der Waals surface area (Å²) in [5.74, 6) is -0.523. The summed E-state index contributed by atoms with van der Waals surface area (Å²) in [5, 5.41) is 0. The molecule has 19 heavy (non-hydrogen) atoms. The van der Waals surface area contributed by atoms with Crippen LogP contribution in [0.3, 0.4) is 0 Å². The highest BCUT2D eigenvalue weighted by Crippen LogP contribution is 2.37. The molecule has 1 amide bonds. The Morgan fingerprint density at radius 3 is 2.63 bits per heavy atom. The van der Waals surface area contributed by atoms with Crippen LogP contribution in [0.15, 0.2) is 18.2 Å². The summed E-state index contributed by atoms with van der Waals surface area (Å²) in [6.45, 7) is 5.91. The molecular formula is C15H21FN2O. The Balaban J connectivity index is 2.15. The van der Waals surface area contributed by atoms with Crippen LogP contribution in [0, 0.1) is 11.2 Å². The molecule has 2 N–H and O–H groups in total. The maximum absolute atomic E-state index is 13.1. The van der Waals surface area contributed by atoms with Crippen LogP contribution in [0.4, 0.5) is 10.1 Å². The van der Waals surface area contributed by atoms with Gasteiger partial charge in [-0.05, 0) is 42.9 Å². The zero-order valence-electron chi connectivity index (χ0n) is 11.6. The van der Waals surface area contributed by atoms with Gasteiger partial charge in [-0.1, -0.05) is 13.8 Å². The Kier molecular flexibility index (Phi) is 3.78. The fourth-order valence-corrected chi connectivity index (χ4v) is 2.79. The van der Waals surface area contributed by atoms with Gasteiger partial charge in [0.1, 0.15) is 5.82 Å². The van der Waals surface area contributed by atoms with Gasteiger partial charge in [0.15, 0.2) is 0 Å². The van der Waals surface area contributed by atoms with Crippen molar-refractivity contribution in [1.82, 2.24) is 4.90 Å². The Morgan fingerprint density at radius 1 is 1.42 bits per heavy atom. The van der Waals surface area contributed by atoms with Crippen molar-refractivity contribution in [3.05, 3.63) is 29.6 Å². The van der Waals surface area contributed by atoms with Crippen LogP contribution in [0.25, 0.3) is 0 Å². The summed E-state index contributed by atoms with van der Waals surface area (Å²) < 4.78 is 13.1. The molecule has 1 fully saturated rings. The van der Waals surface area contributed by atoms with Gasteiger partial charge in [0.2, 0.25) is 0 Å². The van der Waals surface area contributed by atoms with Gasteiger partial charge in [0.25, 0.3) is 5.91 Å². The minimum Gasteiger partial charge on any atom is -0.396 e. The predicted octanol–water partition coefficient (Wildman–Crippen LogP) is 3.06. The third-order valence-electron chi connectivity index (χ3n) is 4.47. The van der Waals surface area contributed by atoms with Crippen molar-refractivity contribution >= 4 is 11.6 Å². The number of nitrogen functional groups attached to an aromatic ring is 1. The standard InChI is InChI=1S/C15H21FN2O/c1-3-15(4-2)7-8-18(10-15)14(19)11-5-6-12(16)13(17)9-11/h5-6,9H,3-4,7-8,10,17H2,1-2H3. The lowest BCUT2D eigenvalue weighted by Gasteiger charge is -2.26. The summed E-state index contributed by atoms with van der Waals surface area (Å²) >= 11 is 0. The number of benzene rings is 1. The average molecular weight is 264 g/mol. The van der Waals surface area contributed by atoms with E-state index >= 15 is 0 Å². The van der Waals surface area contributed by atoms with E-state index in [0.717, 1.165) is 32.4 Å². The van der Waals surface area contributed by atoms with Crippen LogP contribution >= 0.6 is 0 Å². The molecule has 0 radical (unpaired) electrons. The van der Waals surface area contributed by atoms with Crippen molar-refractivity contribution in [3.8, 4) is 0 Å². The number of likely N-dealkylation sites (tertiary alicyclic amines) is 1. The number of anilines is 1. The summed E-state index contributed by atoms with van der Waals surface area (Å²) in [6.07, 6.45) is 3.21. The van der Waals surface area contributed by atoms with Crippen molar-refractivity contribution in [2.75, 3.05) is 18.8 Å². The number of carbonyl (C=O) groups excluding carboxylic acids is 1. The average Bonchev–Trinajstić information content (AvgIpc) is 2.86. The monoisotopic (exact) mass is 264 g/mol. The van der Waals surface area contributed by atoms with E-state index in [-0.39, 0.29) is 17.0 Å². The first-order valence-electron chi connectivity index (χ1n) is 6.85. The van der Waals surface area contributed by atoms with Crippen molar-refractivity contribution in [2.45, 2.75) is 33.1 Å². The van der Waals surface area contributed by atoms with Gasteiger partial charge < -0.3 is 10.6 Å². The lowest BCUT2D eigenvalue weighted by molar-refractivity contribution is 0.0770. The maximum atomic E-state index is 13.1. The molecule has 1 saturated heterocycles. The van der Waals surface area contributed by atoms with Gasteiger partial charge >= 0.3 is 0 Å². The molecule has 2 rings (SSSR count). The highest BCUT2D eigenvalue weighted by molar-refractivity contribution is 5.95. The smallest absolute Gasteiger partial charge is 0.253 e. The van der Waals surface area contributed by atoms with Crippen LogP contribution in [0.5, 0.6) is 0 Å². The van der Waals surface area contributed by atoms with E-state index in [1.165, 1.54) is 18.2 Å². The normalized spacial score (nSPS) is 17.7. The molecule has 0 aromatic heterocycles. The van der Waals surface area contributed by atoms with E-state index in [0.29, 0.717) is 5.56 Å².